The van der Waals surface area contributed by atoms with Crippen LogP contribution in [0, 0.1) is 29.1 Å². The highest BCUT2D eigenvalue weighted by Gasteiger charge is 2.00. The Morgan fingerprint density at radius 3 is 2.58 bits per heavy atom. The third-order valence-electron chi connectivity index (χ3n) is 1.06. The molecular formula is C8H9N3O. The third kappa shape index (κ3) is 3.38. The summed E-state index contributed by atoms with van der Waals surface area (Å²) in [5.41, 5.74) is 4.92. The molecule has 2 N–H and O–H groups in total. The van der Waals surface area contributed by atoms with Gasteiger partial charge in [0.2, 0.25) is 0 Å². The van der Waals surface area contributed by atoms with E-state index in [0.717, 1.165) is 0 Å². The molecule has 0 aliphatic heterocycles. The van der Waals surface area contributed by atoms with Crippen LogP contribution in [0.25, 0.3) is 0 Å². The number of carbonyl (C=O) groups excluding carboxylic acids is 1. The van der Waals surface area contributed by atoms with Gasteiger partial charge in [-0.1, -0.05) is 5.92 Å². The standard InChI is InChI=1S/C8H9N3O/c1-6(5-9)3-4-7(11-2)8(10)12/h6H,1-2H3,(H2,10,12). The minimum atomic E-state index is -0.671. The maximum absolute atomic E-state index is 10.5. The SMILES string of the molecule is CN=C(C#CC(C)C#N)C(N)=O. The molecule has 12 heavy (non-hydrogen) atoms. The predicted molar refractivity (Wildman–Crippen MR) is 45.1 cm³/mol. The van der Waals surface area contributed by atoms with Gasteiger partial charge >= 0.3 is 0 Å². The lowest BCUT2D eigenvalue weighted by atomic mass is 10.2. The lowest BCUT2D eigenvalue weighted by Gasteiger charge is -1.88. The Kier molecular flexibility index (Phi) is 4.18. The van der Waals surface area contributed by atoms with E-state index >= 15 is 0 Å². The van der Waals surface area contributed by atoms with Gasteiger partial charge in [-0.05, 0) is 12.8 Å². The van der Waals surface area contributed by atoms with E-state index in [1.54, 1.807) is 6.92 Å². The van der Waals surface area contributed by atoms with Crippen molar-refractivity contribution < 1.29 is 4.79 Å². The van der Waals surface area contributed by atoms with Crippen LogP contribution in [-0.4, -0.2) is 18.7 Å². The molecule has 0 rings (SSSR count). The molecule has 0 fully saturated rings. The van der Waals surface area contributed by atoms with E-state index < -0.39 is 11.8 Å². The van der Waals surface area contributed by atoms with E-state index in [2.05, 4.69) is 16.8 Å². The molecule has 0 bridgehead atoms. The monoisotopic (exact) mass is 163 g/mol. The van der Waals surface area contributed by atoms with Crippen molar-refractivity contribution in [2.75, 3.05) is 7.05 Å². The van der Waals surface area contributed by atoms with Crippen LogP contribution in [-0.2, 0) is 4.79 Å². The number of hydrogen-bond acceptors (Lipinski definition) is 3. The zero-order chi connectivity index (χ0) is 9.56. The first kappa shape index (κ1) is 10.2. The molecule has 0 aromatic rings. The molecule has 0 aliphatic carbocycles. The first-order valence-corrected chi connectivity index (χ1v) is 3.29. The van der Waals surface area contributed by atoms with Crippen LogP contribution in [0.4, 0.5) is 0 Å². The Bertz CT molecular complexity index is 300. The Hall–Kier alpha value is -1.81. The van der Waals surface area contributed by atoms with Gasteiger partial charge in [0.25, 0.3) is 5.91 Å². The number of carbonyl (C=O) groups is 1. The van der Waals surface area contributed by atoms with Crippen molar-refractivity contribution in [2.24, 2.45) is 16.6 Å². The molecule has 0 aliphatic rings. The summed E-state index contributed by atoms with van der Waals surface area (Å²) in [5, 5.41) is 8.35. The summed E-state index contributed by atoms with van der Waals surface area (Å²) >= 11 is 0. The average Bonchev–Trinajstić information content (AvgIpc) is 2.04. The van der Waals surface area contributed by atoms with E-state index in [1.165, 1.54) is 7.05 Å². The fourth-order valence-corrected chi connectivity index (χ4v) is 0.437. The van der Waals surface area contributed by atoms with Crippen LogP contribution in [0.5, 0.6) is 0 Å². The number of nitrogens with two attached hydrogens (primary N) is 1. The molecule has 0 aromatic carbocycles. The Balaban J connectivity index is 4.50. The summed E-state index contributed by atoms with van der Waals surface area (Å²) in [6.07, 6.45) is 0. The highest BCUT2D eigenvalue weighted by Crippen LogP contribution is 1.86. The van der Waals surface area contributed by atoms with Gasteiger partial charge in [-0.25, -0.2) is 0 Å². The van der Waals surface area contributed by atoms with Crippen LogP contribution in [0.15, 0.2) is 4.99 Å². The summed E-state index contributed by atoms with van der Waals surface area (Å²) in [4.78, 5) is 14.1. The van der Waals surface area contributed by atoms with Gasteiger partial charge < -0.3 is 5.73 Å². The van der Waals surface area contributed by atoms with Crippen molar-refractivity contribution in [3.63, 3.8) is 0 Å². The number of nitrogens with zero attached hydrogens (tertiary/aromatic N) is 2. The molecule has 0 spiro atoms. The molecule has 62 valence electrons. The molecule has 4 heteroatoms. The topological polar surface area (TPSA) is 79.2 Å². The Morgan fingerprint density at radius 1 is 1.67 bits per heavy atom. The summed E-state index contributed by atoms with van der Waals surface area (Å²) in [6, 6.07) is 1.90. The summed E-state index contributed by atoms with van der Waals surface area (Å²) in [6.45, 7) is 1.63. The van der Waals surface area contributed by atoms with Crippen LogP contribution >= 0.6 is 0 Å². The molecule has 0 saturated heterocycles. The maximum Gasteiger partial charge on any atom is 0.275 e. The molecule has 0 heterocycles. The first-order chi connectivity index (χ1) is 5.61. The second-order valence-corrected chi connectivity index (χ2v) is 2.06. The molecule has 1 amide bonds. The summed E-state index contributed by atoms with van der Waals surface area (Å²) in [5.74, 6) is 3.86. The van der Waals surface area contributed by atoms with Gasteiger partial charge in [-0.2, -0.15) is 5.26 Å². The number of amides is 1. The smallest absolute Gasteiger partial charge is 0.275 e. The van der Waals surface area contributed by atoms with Crippen molar-refractivity contribution in [1.29, 1.82) is 5.26 Å². The number of hydrogen-bond donors (Lipinski definition) is 1. The van der Waals surface area contributed by atoms with Crippen LogP contribution in [0.3, 0.4) is 0 Å². The lowest BCUT2D eigenvalue weighted by Crippen LogP contribution is -2.21. The van der Waals surface area contributed by atoms with Crippen molar-refractivity contribution in [2.45, 2.75) is 6.92 Å². The summed E-state index contributed by atoms with van der Waals surface area (Å²) in [7, 11) is 1.42. The number of nitriles is 1. The fourth-order valence-electron chi connectivity index (χ4n) is 0.437. The van der Waals surface area contributed by atoms with E-state index in [1.807, 2.05) is 6.07 Å². The van der Waals surface area contributed by atoms with E-state index in [0.29, 0.717) is 0 Å². The van der Waals surface area contributed by atoms with Crippen molar-refractivity contribution in [3.05, 3.63) is 0 Å². The van der Waals surface area contributed by atoms with E-state index in [4.69, 9.17) is 11.0 Å². The second-order valence-electron chi connectivity index (χ2n) is 2.06. The van der Waals surface area contributed by atoms with Gasteiger partial charge in [0.1, 0.15) is 5.92 Å². The third-order valence-corrected chi connectivity index (χ3v) is 1.06. The molecule has 4 nitrogen and oxygen atoms in total. The predicted octanol–water partition coefficient (Wildman–Crippen LogP) is -0.294. The second kappa shape index (κ2) is 4.92. The molecule has 1 atom stereocenters. The van der Waals surface area contributed by atoms with Gasteiger partial charge in [-0.15, -0.1) is 0 Å². The zero-order valence-corrected chi connectivity index (χ0v) is 6.96. The van der Waals surface area contributed by atoms with Gasteiger partial charge in [0.05, 0.1) is 6.07 Å². The highest BCUT2D eigenvalue weighted by molar-refractivity contribution is 6.45. The van der Waals surface area contributed by atoms with E-state index in [-0.39, 0.29) is 5.71 Å². The van der Waals surface area contributed by atoms with Gasteiger partial charge in [-0.3, -0.25) is 9.79 Å². The van der Waals surface area contributed by atoms with Crippen molar-refractivity contribution >= 4 is 11.6 Å². The molecule has 0 saturated carbocycles. The molecule has 0 aromatic heterocycles. The number of rotatable bonds is 1. The van der Waals surface area contributed by atoms with Crippen LogP contribution in [0.2, 0.25) is 0 Å². The molecule has 0 radical (unpaired) electrons. The zero-order valence-electron chi connectivity index (χ0n) is 6.96. The van der Waals surface area contributed by atoms with Crippen LogP contribution in [0.1, 0.15) is 6.92 Å². The summed E-state index contributed by atoms with van der Waals surface area (Å²) < 4.78 is 0. The largest absolute Gasteiger partial charge is 0.364 e. The highest BCUT2D eigenvalue weighted by atomic mass is 16.1. The molecular weight excluding hydrogens is 154 g/mol. The minimum Gasteiger partial charge on any atom is -0.364 e. The van der Waals surface area contributed by atoms with Crippen LogP contribution < -0.4 is 5.73 Å². The quantitative estimate of drug-likeness (QED) is 0.425. The number of aliphatic imine (C=N–C) groups is 1. The van der Waals surface area contributed by atoms with Gasteiger partial charge in [0, 0.05) is 7.05 Å². The number of primary amides is 1. The normalized spacial score (nSPS) is 12.2. The average molecular weight is 163 g/mol. The Labute approximate surface area is 71.1 Å². The Morgan fingerprint density at radius 2 is 2.25 bits per heavy atom. The van der Waals surface area contributed by atoms with Crippen molar-refractivity contribution in [3.8, 4) is 17.9 Å². The fraction of sp³-hybridized carbons (Fsp3) is 0.375. The van der Waals surface area contributed by atoms with Gasteiger partial charge in [0.15, 0.2) is 5.71 Å². The molecule has 1 unspecified atom stereocenters. The lowest BCUT2D eigenvalue weighted by molar-refractivity contribution is -0.111. The van der Waals surface area contributed by atoms with E-state index in [9.17, 15) is 4.79 Å². The first-order valence-electron chi connectivity index (χ1n) is 3.29. The minimum absolute atomic E-state index is 0.00269. The van der Waals surface area contributed by atoms with Crippen molar-refractivity contribution in [1.82, 2.24) is 0 Å². The maximum atomic E-state index is 10.5.